The Labute approximate surface area is 123 Å². The van der Waals surface area contributed by atoms with E-state index in [9.17, 15) is 4.79 Å². The lowest BCUT2D eigenvalue weighted by Gasteiger charge is -2.10. The number of oxazole rings is 1. The Bertz CT molecular complexity index is 805. The number of thiazole rings is 1. The van der Waals surface area contributed by atoms with E-state index in [0.717, 1.165) is 10.5 Å². The maximum absolute atomic E-state index is 12.2. The van der Waals surface area contributed by atoms with Gasteiger partial charge in [-0.3, -0.25) is 4.79 Å². The van der Waals surface area contributed by atoms with Crippen LogP contribution in [0.1, 0.15) is 28.3 Å². The van der Waals surface area contributed by atoms with Crippen LogP contribution in [0, 0.1) is 4.84 Å². The lowest BCUT2D eigenvalue weighted by atomic mass is 10.2. The predicted molar refractivity (Wildman–Crippen MR) is 79.4 cm³/mol. The van der Waals surface area contributed by atoms with Crippen molar-refractivity contribution in [3.05, 3.63) is 45.2 Å². The molecule has 7 heteroatoms. The molecule has 0 unspecified atom stereocenters. The lowest BCUT2D eigenvalue weighted by molar-refractivity contribution is 0.0940. The highest BCUT2D eigenvalue weighted by molar-refractivity contribution is 7.71. The van der Waals surface area contributed by atoms with E-state index in [1.807, 2.05) is 12.3 Å². The molecule has 2 heterocycles. The molecule has 20 heavy (non-hydrogen) atoms. The number of fused-ring (bicyclic) bond motifs is 1. The topological polar surface area (TPSA) is 70.9 Å². The van der Waals surface area contributed by atoms with E-state index >= 15 is 0 Å². The number of nitrogens with one attached hydrogen (secondary N) is 2. The van der Waals surface area contributed by atoms with Crippen molar-refractivity contribution >= 4 is 40.6 Å². The first-order valence-electron chi connectivity index (χ1n) is 5.96. The van der Waals surface area contributed by atoms with Crippen molar-refractivity contribution in [1.82, 2.24) is 15.3 Å². The number of amides is 1. The molecule has 0 aliphatic heterocycles. The number of nitrogens with zero attached hydrogens (tertiary/aromatic N) is 1. The van der Waals surface area contributed by atoms with Crippen LogP contribution in [0.25, 0.3) is 11.1 Å². The van der Waals surface area contributed by atoms with Crippen LogP contribution >= 0.6 is 23.6 Å². The molecule has 2 N–H and O–H groups in total. The van der Waals surface area contributed by atoms with Gasteiger partial charge in [0.15, 0.2) is 5.58 Å². The van der Waals surface area contributed by atoms with E-state index in [1.54, 1.807) is 24.4 Å². The number of rotatable bonds is 3. The van der Waals surface area contributed by atoms with E-state index < -0.39 is 0 Å². The summed E-state index contributed by atoms with van der Waals surface area (Å²) in [6, 6.07) is 5.05. The van der Waals surface area contributed by atoms with Gasteiger partial charge in [0, 0.05) is 17.1 Å². The van der Waals surface area contributed by atoms with Gasteiger partial charge in [-0.25, -0.2) is 4.98 Å². The number of hydrogen-bond acceptors (Lipinski definition) is 5. The van der Waals surface area contributed by atoms with E-state index in [4.69, 9.17) is 16.6 Å². The van der Waals surface area contributed by atoms with Crippen molar-refractivity contribution in [2.24, 2.45) is 0 Å². The minimum Gasteiger partial charge on any atom is -0.429 e. The Kier molecular flexibility index (Phi) is 3.37. The first kappa shape index (κ1) is 13.0. The van der Waals surface area contributed by atoms with E-state index in [-0.39, 0.29) is 11.9 Å². The molecule has 1 amide bonds. The lowest BCUT2D eigenvalue weighted by Crippen LogP contribution is -2.26. The maximum Gasteiger partial charge on any atom is 0.266 e. The Hall–Kier alpha value is -1.99. The third-order valence-electron chi connectivity index (χ3n) is 2.85. The number of aromatic amines is 1. The summed E-state index contributed by atoms with van der Waals surface area (Å²) in [4.78, 5) is 19.6. The fourth-order valence-corrected chi connectivity index (χ4v) is 2.72. The number of carbonyl (C=O) groups excluding carboxylic acids is 1. The summed E-state index contributed by atoms with van der Waals surface area (Å²) in [6.07, 6.45) is 1.72. The van der Waals surface area contributed by atoms with Crippen LogP contribution in [0.5, 0.6) is 0 Å². The van der Waals surface area contributed by atoms with Crippen LogP contribution in [0.2, 0.25) is 0 Å². The van der Waals surface area contributed by atoms with Crippen LogP contribution in [0.3, 0.4) is 0 Å². The van der Waals surface area contributed by atoms with Gasteiger partial charge >= 0.3 is 0 Å². The van der Waals surface area contributed by atoms with Crippen molar-refractivity contribution in [2.45, 2.75) is 13.0 Å². The van der Waals surface area contributed by atoms with Crippen molar-refractivity contribution in [2.75, 3.05) is 0 Å². The summed E-state index contributed by atoms with van der Waals surface area (Å²) in [5.74, 6) is -0.170. The summed E-state index contributed by atoms with van der Waals surface area (Å²) >= 11 is 6.43. The second-order valence-corrected chi connectivity index (χ2v) is 5.59. The Morgan fingerprint density at radius 2 is 2.40 bits per heavy atom. The van der Waals surface area contributed by atoms with Gasteiger partial charge in [-0.2, -0.15) is 0 Å². The Balaban J connectivity index is 1.83. The van der Waals surface area contributed by atoms with Gasteiger partial charge in [0.05, 0.1) is 11.6 Å². The van der Waals surface area contributed by atoms with Gasteiger partial charge in [-0.05, 0) is 37.3 Å². The van der Waals surface area contributed by atoms with Gasteiger partial charge in [0.25, 0.3) is 10.7 Å². The molecule has 2 aromatic heterocycles. The zero-order chi connectivity index (χ0) is 14.1. The zero-order valence-electron chi connectivity index (χ0n) is 10.5. The first-order valence-corrected chi connectivity index (χ1v) is 7.25. The number of benzene rings is 1. The Morgan fingerprint density at radius 1 is 1.55 bits per heavy atom. The molecule has 0 fully saturated rings. The smallest absolute Gasteiger partial charge is 0.266 e. The standard InChI is InChI=1S/C13H11N3O2S2/c1-7(12-14-4-5-20-12)15-11(17)8-2-3-9-10(6-8)18-13(19)16-9/h2-7H,1H3,(H,15,17)(H,16,19)/t7-/m1/s1. The third-order valence-corrected chi connectivity index (χ3v) is 4.00. The molecule has 0 radical (unpaired) electrons. The molecule has 1 atom stereocenters. The molecular formula is C13H11N3O2S2. The van der Waals surface area contributed by atoms with Crippen molar-refractivity contribution in [1.29, 1.82) is 0 Å². The molecular weight excluding hydrogens is 294 g/mol. The van der Waals surface area contributed by atoms with Gasteiger partial charge in [-0.1, -0.05) is 0 Å². The molecule has 0 aliphatic rings. The summed E-state index contributed by atoms with van der Waals surface area (Å²) in [5.41, 5.74) is 1.88. The predicted octanol–water partition coefficient (Wildman–Crippen LogP) is 3.44. The van der Waals surface area contributed by atoms with Crippen LogP contribution in [0.4, 0.5) is 0 Å². The highest BCUT2D eigenvalue weighted by atomic mass is 32.1. The number of H-pyrrole nitrogens is 1. The molecule has 5 nitrogen and oxygen atoms in total. The summed E-state index contributed by atoms with van der Waals surface area (Å²) < 4.78 is 5.30. The average molecular weight is 305 g/mol. The quantitative estimate of drug-likeness (QED) is 0.727. The first-order chi connectivity index (χ1) is 9.63. The number of aromatic nitrogens is 2. The minimum absolute atomic E-state index is 0.129. The molecule has 3 aromatic rings. The van der Waals surface area contributed by atoms with Gasteiger partial charge in [0.1, 0.15) is 5.01 Å². The molecule has 1 aromatic carbocycles. The van der Waals surface area contributed by atoms with Gasteiger partial charge in [-0.15, -0.1) is 11.3 Å². The molecule has 102 valence electrons. The second kappa shape index (κ2) is 5.18. The van der Waals surface area contributed by atoms with Gasteiger partial charge < -0.3 is 14.7 Å². The summed E-state index contributed by atoms with van der Waals surface area (Å²) in [7, 11) is 0. The molecule has 0 aliphatic carbocycles. The Morgan fingerprint density at radius 3 is 3.15 bits per heavy atom. The number of carbonyl (C=O) groups is 1. The van der Waals surface area contributed by atoms with E-state index in [2.05, 4.69) is 15.3 Å². The molecule has 3 rings (SSSR count). The van der Waals surface area contributed by atoms with Gasteiger partial charge in [0.2, 0.25) is 0 Å². The van der Waals surface area contributed by atoms with E-state index in [0.29, 0.717) is 16.0 Å². The zero-order valence-corrected chi connectivity index (χ0v) is 12.2. The fourth-order valence-electron chi connectivity index (χ4n) is 1.88. The van der Waals surface area contributed by atoms with Crippen molar-refractivity contribution in [3.8, 4) is 0 Å². The van der Waals surface area contributed by atoms with Crippen LogP contribution < -0.4 is 5.32 Å². The van der Waals surface area contributed by atoms with Crippen LogP contribution in [-0.4, -0.2) is 15.9 Å². The molecule has 0 bridgehead atoms. The molecule has 0 saturated carbocycles. The SMILES string of the molecule is C[C@@H](NC(=O)c1ccc2[nH]c(=S)oc2c1)c1nccs1. The maximum atomic E-state index is 12.2. The summed E-state index contributed by atoms with van der Waals surface area (Å²) in [6.45, 7) is 1.90. The normalized spacial score (nSPS) is 12.4. The average Bonchev–Trinajstić information content (AvgIpc) is 3.05. The molecule has 0 spiro atoms. The van der Waals surface area contributed by atoms with E-state index in [1.165, 1.54) is 11.3 Å². The second-order valence-electron chi connectivity index (χ2n) is 4.29. The third kappa shape index (κ3) is 2.50. The van der Waals surface area contributed by atoms with Crippen LogP contribution in [-0.2, 0) is 0 Å². The minimum atomic E-state index is -0.170. The fraction of sp³-hybridized carbons (Fsp3) is 0.154. The van der Waals surface area contributed by atoms with Crippen LogP contribution in [0.15, 0.2) is 34.2 Å². The monoisotopic (exact) mass is 305 g/mol. The van der Waals surface area contributed by atoms with Crippen molar-refractivity contribution in [3.63, 3.8) is 0 Å². The highest BCUT2D eigenvalue weighted by Gasteiger charge is 2.14. The molecule has 0 saturated heterocycles. The summed E-state index contributed by atoms with van der Waals surface area (Å²) in [5, 5.41) is 5.66. The van der Waals surface area contributed by atoms with Crippen molar-refractivity contribution < 1.29 is 9.21 Å². The number of hydrogen-bond donors (Lipinski definition) is 2. The largest absolute Gasteiger partial charge is 0.429 e. The highest BCUT2D eigenvalue weighted by Crippen LogP contribution is 2.18.